The third-order valence-electron chi connectivity index (χ3n) is 6.07. The van der Waals surface area contributed by atoms with Crippen LogP contribution in [0.4, 0.5) is 27.6 Å². The Morgan fingerprint density at radius 2 is 1.87 bits per heavy atom. The number of rotatable bonds is 6. The van der Waals surface area contributed by atoms with Crippen LogP contribution in [0.2, 0.25) is 0 Å². The van der Waals surface area contributed by atoms with Gasteiger partial charge in [0.1, 0.15) is 30.3 Å². The molecule has 1 amide bonds. The van der Waals surface area contributed by atoms with E-state index in [2.05, 4.69) is 9.68 Å². The summed E-state index contributed by atoms with van der Waals surface area (Å²) < 4.78 is 83.8. The Morgan fingerprint density at radius 3 is 2.38 bits per heavy atom. The van der Waals surface area contributed by atoms with Gasteiger partial charge in [-0.3, -0.25) is 4.79 Å². The van der Waals surface area contributed by atoms with Crippen LogP contribution in [0.5, 0.6) is 5.75 Å². The highest BCUT2D eigenvalue weighted by atomic mass is 19.4. The van der Waals surface area contributed by atoms with E-state index in [0.717, 1.165) is 24.2 Å². The monoisotopic (exact) mass is 560 g/mol. The van der Waals surface area contributed by atoms with Crippen LogP contribution in [0.1, 0.15) is 45.8 Å². The fraction of sp³-hybridized carbons (Fsp3) is 0.407. The predicted molar refractivity (Wildman–Crippen MR) is 137 cm³/mol. The minimum atomic E-state index is -4.79. The molecule has 1 aromatic heterocycles. The number of morpholine rings is 1. The molecule has 2 N–H and O–H groups in total. The second-order valence-corrected chi connectivity index (χ2v) is 8.75. The first kappa shape index (κ1) is 31.7. The summed E-state index contributed by atoms with van der Waals surface area (Å²) >= 11 is 0. The number of aromatic nitrogens is 1. The zero-order valence-corrected chi connectivity index (χ0v) is 21.9. The highest BCUT2D eigenvalue weighted by molar-refractivity contribution is 5.97. The van der Waals surface area contributed by atoms with Crippen LogP contribution >= 0.6 is 0 Å². The maximum absolute atomic E-state index is 15.2. The summed E-state index contributed by atoms with van der Waals surface area (Å²) in [4.78, 5) is 14.2. The van der Waals surface area contributed by atoms with Crippen LogP contribution in [0, 0.1) is 18.6 Å². The van der Waals surface area contributed by atoms with E-state index in [4.69, 9.17) is 9.47 Å². The molecule has 216 valence electrons. The maximum atomic E-state index is 15.2. The molecule has 0 unspecified atom stereocenters. The molecule has 0 spiro atoms. The first-order valence-corrected chi connectivity index (χ1v) is 12.1. The normalized spacial score (nSPS) is 17.3. The van der Waals surface area contributed by atoms with E-state index in [0.29, 0.717) is 25.0 Å². The van der Waals surface area contributed by atoms with Gasteiger partial charge in [0.15, 0.2) is 0 Å². The zero-order chi connectivity index (χ0) is 28.0. The van der Waals surface area contributed by atoms with Crippen molar-refractivity contribution in [1.82, 2.24) is 5.16 Å². The molecule has 12 heteroatoms. The molecule has 39 heavy (non-hydrogen) atoms. The summed E-state index contributed by atoms with van der Waals surface area (Å²) in [5, 5.41) is 3.54. The summed E-state index contributed by atoms with van der Waals surface area (Å²) in [6.07, 6.45) is -1.50. The van der Waals surface area contributed by atoms with Crippen LogP contribution in [0.25, 0.3) is 11.1 Å². The molecule has 0 aliphatic carbocycles. The number of amides is 1. The van der Waals surface area contributed by atoms with E-state index in [1.165, 1.54) is 18.1 Å². The van der Waals surface area contributed by atoms with Crippen molar-refractivity contribution in [2.45, 2.75) is 58.4 Å². The number of ether oxygens (including phenoxy) is 2. The molecule has 0 bridgehead atoms. The average molecular weight is 561 g/mol. The van der Waals surface area contributed by atoms with Crippen LogP contribution in [0.15, 0.2) is 47.2 Å². The Kier molecular flexibility index (Phi) is 11.0. The number of carbonyl (C=O) groups is 1. The molecular weight excluding hydrogens is 527 g/mol. The summed E-state index contributed by atoms with van der Waals surface area (Å²) in [6.45, 7) is 5.57. The van der Waals surface area contributed by atoms with Crippen LogP contribution in [-0.4, -0.2) is 42.4 Å². The fourth-order valence-electron chi connectivity index (χ4n) is 4.32. The van der Waals surface area contributed by atoms with Gasteiger partial charge in [-0.2, -0.15) is 13.2 Å². The van der Waals surface area contributed by atoms with Crippen LogP contribution in [-0.2, 0) is 15.7 Å². The number of hydrogen-bond acceptors (Lipinski definition) is 5. The van der Waals surface area contributed by atoms with Gasteiger partial charge in [0.05, 0.1) is 36.2 Å². The Morgan fingerprint density at radius 1 is 1.15 bits per heavy atom. The number of methoxy groups -OCH3 is 1. The van der Waals surface area contributed by atoms with Gasteiger partial charge in [-0.15, -0.1) is 0 Å². The van der Waals surface area contributed by atoms with Crippen molar-refractivity contribution in [3.8, 4) is 16.9 Å². The van der Waals surface area contributed by atoms with E-state index in [1.54, 1.807) is 12.3 Å². The Labute approximate surface area is 224 Å². The predicted octanol–water partition coefficient (Wildman–Crippen LogP) is 6.37. The molecule has 1 aliphatic heterocycles. The smallest absolute Gasteiger partial charge is 0.416 e. The summed E-state index contributed by atoms with van der Waals surface area (Å²) in [5.41, 5.74) is -0.701. The Balaban J connectivity index is 0.000000885. The lowest BCUT2D eigenvalue weighted by Gasteiger charge is -2.41. The van der Waals surface area contributed by atoms with Crippen molar-refractivity contribution in [3.63, 3.8) is 0 Å². The maximum Gasteiger partial charge on any atom is 0.416 e. The van der Waals surface area contributed by atoms with Crippen molar-refractivity contribution in [2.24, 2.45) is 0 Å². The van der Waals surface area contributed by atoms with E-state index in [9.17, 15) is 22.4 Å². The molecule has 2 heterocycles. The lowest BCUT2D eigenvalue weighted by atomic mass is 9.97. The number of aryl methyl sites for hydroxylation is 1. The largest absolute Gasteiger partial charge is 0.495 e. The Bertz CT molecular complexity index is 1240. The lowest BCUT2D eigenvalue weighted by Crippen LogP contribution is -2.54. The third-order valence-corrected chi connectivity index (χ3v) is 6.07. The van der Waals surface area contributed by atoms with E-state index < -0.39 is 23.4 Å². The molecule has 1 fully saturated rings. The first-order valence-electron chi connectivity index (χ1n) is 12.1. The van der Waals surface area contributed by atoms with Gasteiger partial charge < -0.3 is 24.4 Å². The highest BCUT2D eigenvalue weighted by Crippen LogP contribution is 2.40. The van der Waals surface area contributed by atoms with Crippen molar-refractivity contribution in [1.29, 1.82) is 0 Å². The van der Waals surface area contributed by atoms with Gasteiger partial charge >= 0.3 is 6.18 Å². The summed E-state index contributed by atoms with van der Waals surface area (Å²) in [5.74, 6) is -2.33. The summed E-state index contributed by atoms with van der Waals surface area (Å²) in [6, 6.07) is 5.53. The Hall–Kier alpha value is -3.51. The minimum Gasteiger partial charge on any atom is -0.495 e. The molecule has 2 atom stereocenters. The van der Waals surface area contributed by atoms with Crippen molar-refractivity contribution >= 4 is 11.6 Å². The van der Waals surface area contributed by atoms with Crippen molar-refractivity contribution < 1.29 is 47.6 Å². The molecule has 0 radical (unpaired) electrons. The van der Waals surface area contributed by atoms with E-state index in [-0.39, 0.29) is 54.1 Å². The number of halogens is 5. The number of nitrogens with zero attached hydrogens (tertiary/aromatic N) is 2. The molecule has 4 rings (SSSR count). The van der Waals surface area contributed by atoms with Gasteiger partial charge in [0.25, 0.3) is 5.91 Å². The lowest BCUT2D eigenvalue weighted by molar-refractivity contribution is -0.137. The molecule has 3 aromatic rings. The van der Waals surface area contributed by atoms with E-state index in [1.807, 2.05) is 20.8 Å². The van der Waals surface area contributed by atoms with Crippen LogP contribution < -0.4 is 9.64 Å². The molecular formula is C27H33F5N2O5. The average Bonchev–Trinajstić information content (AvgIpc) is 3.35. The zero-order valence-electron chi connectivity index (χ0n) is 21.9. The van der Waals surface area contributed by atoms with Gasteiger partial charge in [-0.05, 0) is 49.6 Å². The SMILES string of the molecule is CCC[C@H]1[C@H](CC)OCC(=O)N1c1cc(F)c(-c2cc(F)cc(C(F)(F)F)c2)cc1OC.Cc1ccon1.O.[HH]. The highest BCUT2D eigenvalue weighted by Gasteiger charge is 2.38. The topological polar surface area (TPSA) is 96.3 Å². The first-order chi connectivity index (χ1) is 18.0. The second-order valence-electron chi connectivity index (χ2n) is 8.75. The number of alkyl halides is 3. The van der Waals surface area contributed by atoms with Crippen molar-refractivity contribution in [3.05, 3.63) is 65.6 Å². The van der Waals surface area contributed by atoms with Crippen LogP contribution in [0.3, 0.4) is 0 Å². The number of benzene rings is 2. The van der Waals surface area contributed by atoms with Gasteiger partial charge in [-0.25, -0.2) is 8.78 Å². The van der Waals surface area contributed by atoms with E-state index >= 15 is 4.39 Å². The fourth-order valence-corrected chi connectivity index (χ4v) is 4.32. The van der Waals surface area contributed by atoms with Gasteiger partial charge in [0.2, 0.25) is 0 Å². The quantitative estimate of drug-likeness (QED) is 0.326. The third kappa shape index (κ3) is 7.54. The molecule has 1 saturated heterocycles. The van der Waals surface area contributed by atoms with Gasteiger partial charge in [0, 0.05) is 19.1 Å². The van der Waals surface area contributed by atoms with Crippen molar-refractivity contribution in [2.75, 3.05) is 18.6 Å². The second kappa shape index (κ2) is 13.5. The number of anilines is 1. The molecule has 0 saturated carbocycles. The molecule has 1 aliphatic rings. The number of hydrogen-bond donors (Lipinski definition) is 0. The molecule has 2 aromatic carbocycles. The van der Waals surface area contributed by atoms with Gasteiger partial charge in [-0.1, -0.05) is 25.4 Å². The number of carbonyl (C=O) groups excluding carboxylic acids is 1. The standard InChI is InChI=1S/C23H24F5NO3.C4H5NO.H2O.H2/c1-4-6-18-20(5-2)32-12-22(30)29(18)19-11-17(25)16(10-21(19)31-3)13-7-14(23(26,27)28)9-15(24)8-13;1-4-2-3-6-5-4;;/h7-11,18,20H,4-6,12H2,1-3H3;2-3H,1H3;1H2;1H/t18-,20-;;;/m0.../s1. The minimum absolute atomic E-state index is 0. The summed E-state index contributed by atoms with van der Waals surface area (Å²) in [7, 11) is 1.31. The molecule has 7 nitrogen and oxygen atoms in total.